The number of amides is 1. The highest BCUT2D eigenvalue weighted by Gasteiger charge is 2.44. The molecule has 6 nitrogen and oxygen atoms in total. The summed E-state index contributed by atoms with van der Waals surface area (Å²) in [7, 11) is 0. The van der Waals surface area contributed by atoms with Gasteiger partial charge in [-0.15, -0.1) is 11.3 Å². The van der Waals surface area contributed by atoms with E-state index in [4.69, 9.17) is 4.74 Å². The SMILES string of the molecule is CCOc1cccc([C@@H]2C(C(=O)c3cccs3)=C(O)C(=O)N2Cc2ccncc2)c1. The van der Waals surface area contributed by atoms with E-state index < -0.39 is 17.7 Å². The Balaban J connectivity index is 1.80. The van der Waals surface area contributed by atoms with Gasteiger partial charge in [0.2, 0.25) is 5.78 Å². The molecule has 1 amide bonds. The predicted octanol–water partition coefficient (Wildman–Crippen LogP) is 4.32. The molecule has 30 heavy (non-hydrogen) atoms. The number of ether oxygens (including phenoxy) is 1. The molecule has 2 aromatic heterocycles. The average Bonchev–Trinajstić information content (AvgIpc) is 3.38. The van der Waals surface area contributed by atoms with Crippen LogP contribution in [0.15, 0.2) is 77.6 Å². The normalized spacial score (nSPS) is 16.2. The van der Waals surface area contributed by atoms with Gasteiger partial charge in [0.25, 0.3) is 5.91 Å². The molecule has 4 rings (SSSR count). The van der Waals surface area contributed by atoms with Crippen molar-refractivity contribution in [3.63, 3.8) is 0 Å². The molecule has 3 heterocycles. The molecule has 0 unspecified atom stereocenters. The number of Topliss-reactive ketones (excluding diaryl/α,β-unsaturated/α-hetero) is 1. The molecule has 152 valence electrons. The maximum Gasteiger partial charge on any atom is 0.290 e. The van der Waals surface area contributed by atoms with E-state index in [1.165, 1.54) is 16.2 Å². The maximum absolute atomic E-state index is 13.2. The van der Waals surface area contributed by atoms with Crippen LogP contribution in [0.2, 0.25) is 0 Å². The summed E-state index contributed by atoms with van der Waals surface area (Å²) in [6.07, 6.45) is 3.29. The van der Waals surface area contributed by atoms with Gasteiger partial charge in [0, 0.05) is 18.9 Å². The number of aliphatic hydroxyl groups excluding tert-OH is 1. The molecule has 0 saturated heterocycles. The largest absolute Gasteiger partial charge is 0.503 e. The molecule has 7 heteroatoms. The first-order valence-corrected chi connectivity index (χ1v) is 10.4. The number of hydrogen-bond acceptors (Lipinski definition) is 6. The van der Waals surface area contributed by atoms with Crippen LogP contribution in [0.1, 0.15) is 33.8 Å². The predicted molar refractivity (Wildman–Crippen MR) is 113 cm³/mol. The van der Waals surface area contributed by atoms with Crippen LogP contribution in [-0.4, -0.2) is 33.3 Å². The van der Waals surface area contributed by atoms with Gasteiger partial charge >= 0.3 is 0 Å². The third-order valence-corrected chi connectivity index (χ3v) is 5.75. The first-order chi connectivity index (χ1) is 14.6. The Morgan fingerprint density at radius 1 is 1.20 bits per heavy atom. The molecule has 0 bridgehead atoms. The summed E-state index contributed by atoms with van der Waals surface area (Å²) < 4.78 is 5.61. The number of rotatable bonds is 7. The number of nitrogens with zero attached hydrogens (tertiary/aromatic N) is 2. The van der Waals surface area contributed by atoms with Crippen LogP contribution in [0.3, 0.4) is 0 Å². The Labute approximate surface area is 178 Å². The first-order valence-electron chi connectivity index (χ1n) is 9.54. The van der Waals surface area contributed by atoms with Crippen molar-refractivity contribution in [1.82, 2.24) is 9.88 Å². The molecule has 1 aliphatic rings. The van der Waals surface area contributed by atoms with Crippen LogP contribution < -0.4 is 4.74 Å². The summed E-state index contributed by atoms with van der Waals surface area (Å²) in [4.78, 5) is 32.2. The second-order valence-corrected chi connectivity index (χ2v) is 7.71. The molecule has 1 atom stereocenters. The van der Waals surface area contributed by atoms with E-state index in [0.717, 1.165) is 5.56 Å². The molecular formula is C23H20N2O4S. The lowest BCUT2D eigenvalue weighted by molar-refractivity contribution is -0.130. The van der Waals surface area contributed by atoms with Crippen LogP contribution in [0.5, 0.6) is 5.75 Å². The van der Waals surface area contributed by atoms with Crippen LogP contribution in [0.25, 0.3) is 0 Å². The summed E-state index contributed by atoms with van der Waals surface area (Å²) in [5, 5.41) is 12.5. The quantitative estimate of drug-likeness (QED) is 0.576. The number of aromatic nitrogens is 1. The van der Waals surface area contributed by atoms with Crippen molar-refractivity contribution in [2.75, 3.05) is 6.61 Å². The molecular weight excluding hydrogens is 400 g/mol. The standard InChI is InChI=1S/C23H20N2O4S/c1-2-29-17-6-3-5-16(13-17)20-19(21(26)18-7-4-12-30-18)22(27)23(28)25(20)14-15-8-10-24-11-9-15/h3-13,20,27H,2,14H2,1H3/t20-/m1/s1. The minimum Gasteiger partial charge on any atom is -0.503 e. The Bertz CT molecular complexity index is 1090. The average molecular weight is 420 g/mol. The van der Waals surface area contributed by atoms with Crippen LogP contribution in [0.4, 0.5) is 0 Å². The lowest BCUT2D eigenvalue weighted by Crippen LogP contribution is -2.30. The minimum atomic E-state index is -0.722. The van der Waals surface area contributed by atoms with Gasteiger partial charge in [-0.25, -0.2) is 0 Å². The van der Waals surface area contributed by atoms with E-state index in [2.05, 4.69) is 4.98 Å². The Kier molecular flexibility index (Phi) is 5.63. The number of carbonyl (C=O) groups is 2. The van der Waals surface area contributed by atoms with Crippen molar-refractivity contribution >= 4 is 23.0 Å². The van der Waals surface area contributed by atoms with Gasteiger partial charge < -0.3 is 14.7 Å². The van der Waals surface area contributed by atoms with Gasteiger partial charge in [0.15, 0.2) is 5.76 Å². The topological polar surface area (TPSA) is 79.7 Å². The van der Waals surface area contributed by atoms with E-state index >= 15 is 0 Å². The summed E-state index contributed by atoms with van der Waals surface area (Å²) >= 11 is 1.28. The second-order valence-electron chi connectivity index (χ2n) is 6.77. The Morgan fingerprint density at radius 2 is 2.00 bits per heavy atom. The van der Waals surface area contributed by atoms with Crippen molar-refractivity contribution in [3.05, 3.63) is 93.6 Å². The zero-order valence-electron chi connectivity index (χ0n) is 16.3. The third kappa shape index (κ3) is 3.71. The van der Waals surface area contributed by atoms with Crippen molar-refractivity contribution in [1.29, 1.82) is 0 Å². The van der Waals surface area contributed by atoms with Crippen molar-refractivity contribution < 1.29 is 19.4 Å². The monoisotopic (exact) mass is 420 g/mol. The van der Waals surface area contributed by atoms with Gasteiger partial charge in [0.05, 0.1) is 23.1 Å². The molecule has 1 aliphatic heterocycles. The third-order valence-electron chi connectivity index (χ3n) is 4.88. The Hall–Kier alpha value is -3.45. The zero-order valence-corrected chi connectivity index (χ0v) is 17.1. The lowest BCUT2D eigenvalue weighted by atomic mass is 9.95. The van der Waals surface area contributed by atoms with Crippen molar-refractivity contribution in [2.45, 2.75) is 19.5 Å². The first kappa shape index (κ1) is 19.8. The number of pyridine rings is 1. The highest BCUT2D eigenvalue weighted by Crippen LogP contribution is 2.41. The van der Waals surface area contributed by atoms with E-state index in [9.17, 15) is 14.7 Å². The highest BCUT2D eigenvalue weighted by molar-refractivity contribution is 7.12. The zero-order chi connectivity index (χ0) is 21.1. The molecule has 0 spiro atoms. The fourth-order valence-corrected chi connectivity index (χ4v) is 4.24. The molecule has 0 fully saturated rings. The van der Waals surface area contributed by atoms with E-state index in [0.29, 0.717) is 22.8 Å². The summed E-state index contributed by atoms with van der Waals surface area (Å²) in [6, 6.07) is 13.6. The van der Waals surface area contributed by atoms with E-state index in [1.807, 2.05) is 25.1 Å². The summed E-state index contributed by atoms with van der Waals surface area (Å²) in [5.41, 5.74) is 1.64. The van der Waals surface area contributed by atoms with Gasteiger partial charge in [-0.3, -0.25) is 14.6 Å². The smallest absolute Gasteiger partial charge is 0.290 e. The molecule has 0 saturated carbocycles. The lowest BCUT2D eigenvalue weighted by Gasteiger charge is -2.27. The molecule has 1 N–H and O–H groups in total. The van der Waals surface area contributed by atoms with Gasteiger partial charge in [-0.1, -0.05) is 18.2 Å². The molecule has 0 radical (unpaired) electrons. The fourth-order valence-electron chi connectivity index (χ4n) is 3.56. The van der Waals surface area contributed by atoms with Crippen LogP contribution >= 0.6 is 11.3 Å². The highest BCUT2D eigenvalue weighted by atomic mass is 32.1. The van der Waals surface area contributed by atoms with Crippen molar-refractivity contribution in [2.24, 2.45) is 0 Å². The number of hydrogen-bond donors (Lipinski definition) is 1. The molecule has 1 aromatic carbocycles. The second kappa shape index (κ2) is 8.51. The van der Waals surface area contributed by atoms with Crippen molar-refractivity contribution in [3.8, 4) is 5.75 Å². The molecule has 0 aliphatic carbocycles. The fraction of sp³-hybridized carbons (Fsp3) is 0.174. The number of carbonyl (C=O) groups excluding carboxylic acids is 2. The summed E-state index contributed by atoms with van der Waals surface area (Å²) in [6.45, 7) is 2.62. The number of aliphatic hydroxyl groups is 1. The number of benzene rings is 1. The van der Waals surface area contributed by atoms with E-state index in [-0.39, 0.29) is 17.9 Å². The van der Waals surface area contributed by atoms with Gasteiger partial charge in [-0.05, 0) is 53.8 Å². The number of ketones is 1. The van der Waals surface area contributed by atoms with E-state index in [1.54, 1.807) is 48.1 Å². The van der Waals surface area contributed by atoms with Crippen LogP contribution in [0, 0.1) is 0 Å². The minimum absolute atomic E-state index is 0.0881. The summed E-state index contributed by atoms with van der Waals surface area (Å²) in [5.74, 6) is -0.784. The maximum atomic E-state index is 13.2. The van der Waals surface area contributed by atoms with Gasteiger partial charge in [-0.2, -0.15) is 0 Å². The number of thiophene rings is 1. The molecule has 3 aromatic rings. The Morgan fingerprint density at radius 3 is 2.70 bits per heavy atom. The van der Waals surface area contributed by atoms with Gasteiger partial charge in [0.1, 0.15) is 5.75 Å². The van der Waals surface area contributed by atoms with Crippen LogP contribution in [-0.2, 0) is 11.3 Å².